The Hall–Kier alpha value is -3.35. The molecule has 2 aromatic rings. The lowest BCUT2D eigenvalue weighted by Crippen LogP contribution is -2.56. The summed E-state index contributed by atoms with van der Waals surface area (Å²) in [6.45, 7) is 4.24. The summed E-state index contributed by atoms with van der Waals surface area (Å²) in [6, 6.07) is 12.7. The van der Waals surface area contributed by atoms with Crippen molar-refractivity contribution in [3.8, 4) is 5.75 Å². The molecule has 7 heteroatoms. The van der Waals surface area contributed by atoms with Crippen molar-refractivity contribution in [3.63, 3.8) is 0 Å². The maximum atomic E-state index is 11.6. The van der Waals surface area contributed by atoms with E-state index in [1.807, 2.05) is 24.3 Å². The Labute approximate surface area is 174 Å². The average Bonchev–Trinajstić information content (AvgIpc) is 2.95. The molecule has 0 aromatic heterocycles. The summed E-state index contributed by atoms with van der Waals surface area (Å²) >= 11 is 0. The molecule has 0 saturated carbocycles. The maximum absolute atomic E-state index is 11.6. The third kappa shape index (κ3) is 3.01. The second-order valence-electron chi connectivity index (χ2n) is 8.16. The number of nitro benzene ring substituents is 1. The van der Waals surface area contributed by atoms with Crippen LogP contribution in [0.2, 0.25) is 0 Å². The molecule has 30 heavy (non-hydrogen) atoms. The minimum Gasteiger partial charge on any atom is -0.469 e. The van der Waals surface area contributed by atoms with Gasteiger partial charge in [-0.15, -0.1) is 0 Å². The van der Waals surface area contributed by atoms with Crippen LogP contribution in [0, 0.1) is 10.1 Å². The van der Waals surface area contributed by atoms with Gasteiger partial charge in [-0.25, -0.2) is 0 Å². The molecule has 7 nitrogen and oxygen atoms in total. The van der Waals surface area contributed by atoms with Crippen LogP contribution >= 0.6 is 0 Å². The van der Waals surface area contributed by atoms with Crippen LogP contribution < -0.4 is 10.1 Å². The van der Waals surface area contributed by atoms with Crippen LogP contribution in [-0.2, 0) is 14.9 Å². The number of non-ortho nitro benzene ring substituents is 1. The third-order valence-corrected chi connectivity index (χ3v) is 6.10. The second kappa shape index (κ2) is 7.16. The Morgan fingerprint density at radius 2 is 2.00 bits per heavy atom. The highest BCUT2D eigenvalue weighted by molar-refractivity contribution is 5.74. The van der Waals surface area contributed by atoms with Crippen LogP contribution in [0.15, 0.2) is 48.0 Å². The van der Waals surface area contributed by atoms with E-state index < -0.39 is 16.1 Å². The number of anilines is 1. The number of para-hydroxylation sites is 1. The smallest absolute Gasteiger partial charge is 0.305 e. The van der Waals surface area contributed by atoms with Crippen LogP contribution in [0.3, 0.4) is 0 Å². The van der Waals surface area contributed by atoms with Crippen molar-refractivity contribution in [1.29, 1.82) is 0 Å². The van der Waals surface area contributed by atoms with Gasteiger partial charge in [-0.3, -0.25) is 14.9 Å². The number of methoxy groups -OCH3 is 1. The standard InChI is InChI=1S/C23H24N2O5/c1-22(2)18-8-4-5-9-19(18)24-23(22)16(7-6-10-21(26)29-3)13-15-14-17(25(27)28)11-12-20(15)30-23/h4-5,8-9,11-14,24H,6-7,10H2,1-3H3. The maximum Gasteiger partial charge on any atom is 0.305 e. The number of carbonyl (C=O) groups is 1. The fraction of sp³-hybridized carbons (Fsp3) is 0.348. The number of esters is 1. The molecule has 2 heterocycles. The predicted octanol–water partition coefficient (Wildman–Crippen LogP) is 4.81. The normalized spacial score (nSPS) is 20.4. The molecule has 1 N–H and O–H groups in total. The van der Waals surface area contributed by atoms with Gasteiger partial charge in [0.2, 0.25) is 5.72 Å². The molecule has 0 amide bonds. The molecule has 1 spiro atoms. The van der Waals surface area contributed by atoms with Gasteiger partial charge in [0.05, 0.1) is 17.4 Å². The summed E-state index contributed by atoms with van der Waals surface area (Å²) in [5.74, 6) is 0.324. The zero-order valence-corrected chi connectivity index (χ0v) is 17.2. The fourth-order valence-corrected chi connectivity index (χ4v) is 4.46. The van der Waals surface area contributed by atoms with Gasteiger partial charge in [0.1, 0.15) is 5.75 Å². The van der Waals surface area contributed by atoms with Gasteiger partial charge in [-0.2, -0.15) is 0 Å². The van der Waals surface area contributed by atoms with E-state index in [2.05, 4.69) is 25.2 Å². The molecule has 1 atom stereocenters. The number of fused-ring (bicyclic) bond motifs is 2. The molecule has 0 bridgehead atoms. The van der Waals surface area contributed by atoms with E-state index in [1.165, 1.54) is 19.2 Å². The van der Waals surface area contributed by atoms with Crippen molar-refractivity contribution < 1.29 is 19.2 Å². The van der Waals surface area contributed by atoms with Gasteiger partial charge in [0.25, 0.3) is 5.69 Å². The van der Waals surface area contributed by atoms with Gasteiger partial charge >= 0.3 is 5.97 Å². The lowest BCUT2D eigenvalue weighted by atomic mass is 9.72. The number of carbonyl (C=O) groups excluding carboxylic acids is 1. The van der Waals surface area contributed by atoms with Crippen molar-refractivity contribution in [1.82, 2.24) is 0 Å². The first kappa shape index (κ1) is 19.9. The zero-order valence-electron chi connectivity index (χ0n) is 17.2. The van der Waals surface area contributed by atoms with Crippen LogP contribution in [0.4, 0.5) is 11.4 Å². The van der Waals surface area contributed by atoms with E-state index in [-0.39, 0.29) is 11.7 Å². The first-order valence-electron chi connectivity index (χ1n) is 9.91. The van der Waals surface area contributed by atoms with Crippen LogP contribution in [0.1, 0.15) is 44.2 Å². The van der Waals surface area contributed by atoms with Crippen molar-refractivity contribution in [3.05, 3.63) is 69.3 Å². The molecule has 0 radical (unpaired) electrons. The van der Waals surface area contributed by atoms with Crippen molar-refractivity contribution in [2.45, 2.75) is 44.2 Å². The Bertz CT molecular complexity index is 1060. The first-order valence-corrected chi connectivity index (χ1v) is 9.91. The van der Waals surface area contributed by atoms with Crippen LogP contribution in [0.5, 0.6) is 5.75 Å². The molecule has 0 saturated heterocycles. The van der Waals surface area contributed by atoms with Crippen molar-refractivity contribution in [2.24, 2.45) is 0 Å². The van der Waals surface area contributed by atoms with Gasteiger partial charge in [-0.1, -0.05) is 18.2 Å². The molecular formula is C23H24N2O5. The highest BCUT2D eigenvalue weighted by Gasteiger charge is 2.57. The van der Waals surface area contributed by atoms with Crippen molar-refractivity contribution in [2.75, 3.05) is 12.4 Å². The number of rotatable bonds is 5. The van der Waals surface area contributed by atoms with Gasteiger partial charge < -0.3 is 14.8 Å². The summed E-state index contributed by atoms with van der Waals surface area (Å²) in [4.78, 5) is 22.4. The number of nitrogens with one attached hydrogen (secondary N) is 1. The highest BCUT2D eigenvalue weighted by Crippen LogP contribution is 2.54. The van der Waals surface area contributed by atoms with Gasteiger partial charge in [-0.05, 0) is 56.0 Å². The lowest BCUT2D eigenvalue weighted by molar-refractivity contribution is -0.384. The Morgan fingerprint density at radius 3 is 2.70 bits per heavy atom. The van der Waals surface area contributed by atoms with Gasteiger partial charge in [0.15, 0.2) is 0 Å². The van der Waals surface area contributed by atoms with E-state index in [0.717, 1.165) is 16.8 Å². The second-order valence-corrected chi connectivity index (χ2v) is 8.16. The van der Waals surface area contributed by atoms with E-state index in [9.17, 15) is 14.9 Å². The number of nitro groups is 1. The summed E-state index contributed by atoms with van der Waals surface area (Å²) < 4.78 is 11.4. The minimum absolute atomic E-state index is 0.0142. The Kier molecular flexibility index (Phi) is 4.76. The third-order valence-electron chi connectivity index (χ3n) is 6.10. The highest BCUT2D eigenvalue weighted by atomic mass is 16.6. The summed E-state index contributed by atoms with van der Waals surface area (Å²) in [7, 11) is 1.38. The molecular weight excluding hydrogens is 384 g/mol. The average molecular weight is 408 g/mol. The SMILES string of the molecule is COC(=O)CCCC1=Cc2cc([N+](=O)[O-])ccc2OC12Nc1ccccc1C2(C)C. The van der Waals surface area contributed by atoms with E-state index in [0.29, 0.717) is 30.6 Å². The van der Waals surface area contributed by atoms with Crippen LogP contribution in [0.25, 0.3) is 6.08 Å². The number of hydrogen-bond donors (Lipinski definition) is 1. The van der Waals surface area contributed by atoms with E-state index in [1.54, 1.807) is 6.07 Å². The fourth-order valence-electron chi connectivity index (χ4n) is 4.46. The zero-order chi connectivity index (χ0) is 21.5. The Balaban J connectivity index is 1.79. The van der Waals surface area contributed by atoms with E-state index >= 15 is 0 Å². The first-order chi connectivity index (χ1) is 14.3. The number of nitrogens with zero attached hydrogens (tertiary/aromatic N) is 1. The van der Waals surface area contributed by atoms with E-state index in [4.69, 9.17) is 9.47 Å². The molecule has 2 aliphatic rings. The quantitative estimate of drug-likeness (QED) is 0.434. The molecule has 2 aliphatic heterocycles. The van der Waals surface area contributed by atoms with Crippen LogP contribution in [-0.4, -0.2) is 23.7 Å². The largest absolute Gasteiger partial charge is 0.469 e. The Morgan fingerprint density at radius 1 is 1.23 bits per heavy atom. The van der Waals surface area contributed by atoms with Gasteiger partial charge in [0, 0.05) is 29.8 Å². The predicted molar refractivity (Wildman–Crippen MR) is 113 cm³/mol. The summed E-state index contributed by atoms with van der Waals surface area (Å²) in [6.07, 6.45) is 3.42. The topological polar surface area (TPSA) is 90.7 Å². The monoisotopic (exact) mass is 408 g/mol. The lowest BCUT2D eigenvalue weighted by Gasteiger charge is -2.45. The molecule has 1 unspecified atom stereocenters. The minimum atomic E-state index is -0.851. The summed E-state index contributed by atoms with van der Waals surface area (Å²) in [5, 5.41) is 14.8. The number of hydrogen-bond acceptors (Lipinski definition) is 6. The summed E-state index contributed by atoms with van der Waals surface area (Å²) in [5.41, 5.74) is 2.48. The number of benzene rings is 2. The van der Waals surface area contributed by atoms with Crippen molar-refractivity contribution >= 4 is 23.4 Å². The molecule has 2 aromatic carbocycles. The molecule has 156 valence electrons. The molecule has 4 rings (SSSR count). The molecule has 0 fully saturated rings. The number of ether oxygens (including phenoxy) is 2. The molecule has 0 aliphatic carbocycles.